The van der Waals surface area contributed by atoms with E-state index in [1.165, 1.54) is 38.9 Å². The van der Waals surface area contributed by atoms with Crippen molar-refractivity contribution in [2.75, 3.05) is 4.90 Å². The molecule has 1 aliphatic rings. The Hall–Kier alpha value is -6.06. The first kappa shape index (κ1) is 34.4. The van der Waals surface area contributed by atoms with E-state index in [1.807, 2.05) is 0 Å². The lowest BCUT2D eigenvalue weighted by atomic mass is 9.79. The summed E-state index contributed by atoms with van der Waals surface area (Å²) < 4.78 is 13.8. The molecule has 7 aromatic carbocycles. The molecule has 2 aromatic heterocycles. The molecule has 0 radical (unpaired) electrons. The summed E-state index contributed by atoms with van der Waals surface area (Å²) in [4.78, 5) is 2.41. The van der Waals surface area contributed by atoms with Crippen LogP contribution in [0.15, 0.2) is 148 Å². The van der Waals surface area contributed by atoms with E-state index in [-0.39, 0.29) is 16.2 Å². The lowest BCUT2D eigenvalue weighted by Crippen LogP contribution is -2.16. The third-order valence-corrected chi connectivity index (χ3v) is 12.1. The van der Waals surface area contributed by atoms with Crippen LogP contribution >= 0.6 is 0 Å². The van der Waals surface area contributed by atoms with Gasteiger partial charge in [0, 0.05) is 32.8 Å². The van der Waals surface area contributed by atoms with Crippen LogP contribution in [0.1, 0.15) is 77.6 Å². The zero-order chi connectivity index (χ0) is 38.7. The van der Waals surface area contributed by atoms with Crippen LogP contribution in [-0.2, 0) is 16.2 Å². The molecule has 0 spiro atoms. The summed E-state index contributed by atoms with van der Waals surface area (Å²) in [6.07, 6.45) is 0. The molecule has 0 unspecified atom stereocenters. The largest absolute Gasteiger partial charge is 0.456 e. The van der Waals surface area contributed by atoms with E-state index in [1.54, 1.807) is 0 Å². The Morgan fingerprint density at radius 2 is 1.21 bits per heavy atom. The smallest absolute Gasteiger partial charge is 0.159 e. The molecule has 1 aliphatic carbocycles. The molecule has 9 aromatic rings. The van der Waals surface area contributed by atoms with E-state index in [0.29, 0.717) is 0 Å². The first-order chi connectivity index (χ1) is 26.8. The van der Waals surface area contributed by atoms with Crippen molar-refractivity contribution in [1.29, 1.82) is 0 Å². The number of fused-ring (bicyclic) bond motifs is 9. The topological polar surface area (TPSA) is 29.5 Å². The Bertz CT molecular complexity index is 3020. The van der Waals surface area contributed by atoms with Crippen LogP contribution < -0.4 is 4.90 Å². The highest BCUT2D eigenvalue weighted by molar-refractivity contribution is 6.17. The third-order valence-electron chi connectivity index (χ3n) is 12.1. The SMILES string of the molecule is CC(C)(C)c1cc(C(C)(C)C)c2oc3c(N(c4ccc5c(c4)C(C)(C)c4ccccc4-5)c4cccc5oc6ccc(-c7ccccc7)cc6c45)cccc3c2c1. The Labute approximate surface area is 329 Å². The second-order valence-electron chi connectivity index (χ2n) is 18.2. The van der Waals surface area contributed by atoms with Gasteiger partial charge in [-0.25, -0.2) is 0 Å². The summed E-state index contributed by atoms with van der Waals surface area (Å²) in [5, 5.41) is 4.42. The fourth-order valence-electron chi connectivity index (χ4n) is 9.10. The number of nitrogens with zero attached hydrogens (tertiary/aromatic N) is 1. The molecule has 0 bridgehead atoms. The monoisotopic (exact) mass is 729 g/mol. The first-order valence-corrected chi connectivity index (χ1v) is 19.8. The Kier molecular flexibility index (Phi) is 7.36. The number of hydrogen-bond donors (Lipinski definition) is 0. The van der Waals surface area contributed by atoms with Crippen molar-refractivity contribution in [3.8, 4) is 22.3 Å². The standard InChI is InChI=1S/C53H47NO2/c1-51(2,3)34-29-39-38-19-14-22-45(50(38)56-49(39)43(30-34)52(4,5)6)54(35-25-26-37-36-18-12-13-20-41(36)53(7,8)42(37)31-35)44-21-15-23-47-48(44)40-28-33(24-27-46(40)55-47)32-16-10-9-11-17-32/h9-31H,1-8H3. The van der Waals surface area contributed by atoms with Crippen LogP contribution in [0.4, 0.5) is 17.1 Å². The van der Waals surface area contributed by atoms with Crippen molar-refractivity contribution >= 4 is 60.9 Å². The average molecular weight is 730 g/mol. The van der Waals surface area contributed by atoms with E-state index in [4.69, 9.17) is 8.83 Å². The molecule has 3 nitrogen and oxygen atoms in total. The molecular formula is C53H47NO2. The number of para-hydroxylation sites is 1. The van der Waals surface area contributed by atoms with Gasteiger partial charge in [-0.1, -0.05) is 146 Å². The summed E-state index contributed by atoms with van der Waals surface area (Å²) in [6.45, 7) is 18.4. The Balaban J connectivity index is 1.29. The predicted octanol–water partition coefficient (Wildman–Crippen LogP) is 15.5. The van der Waals surface area contributed by atoms with E-state index in [0.717, 1.165) is 66.5 Å². The van der Waals surface area contributed by atoms with Gasteiger partial charge in [-0.05, 0) is 98.3 Å². The highest BCUT2D eigenvalue weighted by Gasteiger charge is 2.36. The molecule has 0 amide bonds. The predicted molar refractivity (Wildman–Crippen MR) is 236 cm³/mol. The minimum Gasteiger partial charge on any atom is -0.456 e. The van der Waals surface area contributed by atoms with Gasteiger partial charge in [0.15, 0.2) is 5.58 Å². The van der Waals surface area contributed by atoms with Crippen molar-refractivity contribution in [1.82, 2.24) is 0 Å². The van der Waals surface area contributed by atoms with Gasteiger partial charge in [-0.15, -0.1) is 0 Å². The fourth-order valence-corrected chi connectivity index (χ4v) is 9.10. The van der Waals surface area contributed by atoms with Crippen LogP contribution in [-0.4, -0.2) is 0 Å². The zero-order valence-corrected chi connectivity index (χ0v) is 33.5. The maximum Gasteiger partial charge on any atom is 0.159 e. The summed E-state index contributed by atoms with van der Waals surface area (Å²) >= 11 is 0. The number of hydrogen-bond acceptors (Lipinski definition) is 3. The van der Waals surface area contributed by atoms with Gasteiger partial charge in [0.1, 0.15) is 16.7 Å². The molecule has 0 saturated heterocycles. The molecular weight excluding hydrogens is 683 g/mol. The van der Waals surface area contributed by atoms with Crippen LogP contribution in [0.25, 0.3) is 66.1 Å². The molecule has 2 heterocycles. The first-order valence-electron chi connectivity index (χ1n) is 19.8. The van der Waals surface area contributed by atoms with E-state index in [2.05, 4.69) is 200 Å². The molecule has 0 atom stereocenters. The summed E-state index contributed by atoms with van der Waals surface area (Å²) in [6, 6.07) is 50.8. The maximum atomic E-state index is 7.21. The quantitative estimate of drug-likeness (QED) is 0.181. The fraction of sp³-hybridized carbons (Fsp3) is 0.208. The Morgan fingerprint density at radius 1 is 0.482 bits per heavy atom. The number of benzene rings is 7. The van der Waals surface area contributed by atoms with Gasteiger partial charge >= 0.3 is 0 Å². The molecule has 0 N–H and O–H groups in total. The van der Waals surface area contributed by atoms with Crippen LogP contribution in [0.2, 0.25) is 0 Å². The van der Waals surface area contributed by atoms with Gasteiger partial charge in [-0.3, -0.25) is 0 Å². The summed E-state index contributed by atoms with van der Waals surface area (Å²) in [5.41, 5.74) is 16.5. The molecule has 3 heteroatoms. The zero-order valence-electron chi connectivity index (χ0n) is 33.5. The van der Waals surface area contributed by atoms with Crippen molar-refractivity contribution < 1.29 is 8.83 Å². The number of anilines is 3. The second-order valence-corrected chi connectivity index (χ2v) is 18.2. The lowest BCUT2D eigenvalue weighted by Gasteiger charge is -2.28. The molecule has 0 aliphatic heterocycles. The molecule has 56 heavy (non-hydrogen) atoms. The van der Waals surface area contributed by atoms with Crippen LogP contribution in [0.5, 0.6) is 0 Å². The van der Waals surface area contributed by atoms with E-state index in [9.17, 15) is 0 Å². The number of furan rings is 2. The average Bonchev–Trinajstić information content (AvgIpc) is 3.82. The van der Waals surface area contributed by atoms with E-state index >= 15 is 0 Å². The summed E-state index contributed by atoms with van der Waals surface area (Å²) in [5.74, 6) is 0. The number of rotatable bonds is 4. The van der Waals surface area contributed by atoms with Gasteiger partial charge in [0.25, 0.3) is 0 Å². The van der Waals surface area contributed by atoms with Crippen molar-refractivity contribution in [3.63, 3.8) is 0 Å². The van der Waals surface area contributed by atoms with Gasteiger partial charge in [0.2, 0.25) is 0 Å². The van der Waals surface area contributed by atoms with Crippen molar-refractivity contribution in [2.24, 2.45) is 0 Å². The van der Waals surface area contributed by atoms with Gasteiger partial charge in [0.05, 0.1) is 16.8 Å². The minimum absolute atomic E-state index is 0.0210. The lowest BCUT2D eigenvalue weighted by molar-refractivity contribution is 0.559. The summed E-state index contributed by atoms with van der Waals surface area (Å²) in [7, 11) is 0. The minimum atomic E-state index is -0.164. The molecule has 0 saturated carbocycles. The van der Waals surface area contributed by atoms with Gasteiger partial charge in [-0.2, -0.15) is 0 Å². The van der Waals surface area contributed by atoms with Crippen LogP contribution in [0.3, 0.4) is 0 Å². The normalized spacial score (nSPS) is 13.9. The molecule has 0 fully saturated rings. The highest BCUT2D eigenvalue weighted by Crippen LogP contribution is 2.53. The molecule has 276 valence electrons. The molecule has 10 rings (SSSR count). The van der Waals surface area contributed by atoms with E-state index < -0.39 is 0 Å². The van der Waals surface area contributed by atoms with Crippen molar-refractivity contribution in [2.45, 2.75) is 71.6 Å². The Morgan fingerprint density at radius 3 is 2.00 bits per heavy atom. The highest BCUT2D eigenvalue weighted by atomic mass is 16.3. The van der Waals surface area contributed by atoms with Gasteiger partial charge < -0.3 is 13.7 Å². The maximum absolute atomic E-state index is 7.21. The third kappa shape index (κ3) is 5.17. The second kappa shape index (κ2) is 12.0. The van der Waals surface area contributed by atoms with Crippen LogP contribution in [0, 0.1) is 0 Å². The van der Waals surface area contributed by atoms with Crippen molar-refractivity contribution in [3.05, 3.63) is 162 Å².